The number of carbonyl (C=O) groups excluding carboxylic acids is 3. The van der Waals surface area contributed by atoms with Gasteiger partial charge in [0.25, 0.3) is 5.91 Å². The number of amides is 2. The van der Waals surface area contributed by atoms with Crippen LogP contribution in [0.4, 0.5) is 4.39 Å². The molecule has 0 aromatic heterocycles. The van der Waals surface area contributed by atoms with Gasteiger partial charge in [0.2, 0.25) is 5.91 Å². The van der Waals surface area contributed by atoms with Crippen LogP contribution in [0.2, 0.25) is 0 Å². The van der Waals surface area contributed by atoms with E-state index in [2.05, 4.69) is 15.1 Å². The lowest BCUT2D eigenvalue weighted by Crippen LogP contribution is -2.73. The summed E-state index contributed by atoms with van der Waals surface area (Å²) in [7, 11) is 0. The van der Waals surface area contributed by atoms with Crippen LogP contribution < -0.4 is 11.1 Å². The van der Waals surface area contributed by atoms with E-state index in [1.54, 1.807) is 0 Å². The Morgan fingerprint density at radius 1 is 1.05 bits per heavy atom. The summed E-state index contributed by atoms with van der Waals surface area (Å²) in [4.78, 5) is 45.5. The van der Waals surface area contributed by atoms with Crippen molar-refractivity contribution >= 4 is 17.6 Å². The van der Waals surface area contributed by atoms with Crippen molar-refractivity contribution in [3.05, 3.63) is 11.8 Å². The topological polar surface area (TPSA) is 108 Å². The number of nitrogens with one attached hydrogen (secondary N) is 1. The molecule has 7 rings (SSSR count). The van der Waals surface area contributed by atoms with Crippen LogP contribution in [0.25, 0.3) is 0 Å². The monoisotopic (exact) mass is 571 g/mol. The van der Waals surface area contributed by atoms with E-state index in [0.717, 1.165) is 38.8 Å². The number of rotatable bonds is 6. The number of nitrogens with zero attached hydrogens (tertiary/aromatic N) is 3. The van der Waals surface area contributed by atoms with E-state index in [-0.39, 0.29) is 53.8 Å². The van der Waals surface area contributed by atoms with Gasteiger partial charge in [0.1, 0.15) is 6.17 Å². The zero-order valence-corrected chi connectivity index (χ0v) is 24.1. The van der Waals surface area contributed by atoms with Crippen molar-refractivity contribution in [2.24, 2.45) is 23.5 Å². The van der Waals surface area contributed by atoms with Crippen molar-refractivity contribution in [3.8, 4) is 0 Å². The van der Waals surface area contributed by atoms with Crippen molar-refractivity contribution in [1.82, 2.24) is 20.0 Å². The number of fused-ring (bicyclic) bond motifs is 3. The molecule has 10 atom stereocenters. The number of halogens is 1. The summed E-state index contributed by atoms with van der Waals surface area (Å²) in [6.45, 7) is 3.19. The van der Waals surface area contributed by atoms with Gasteiger partial charge < -0.3 is 25.6 Å². The highest BCUT2D eigenvalue weighted by Gasteiger charge is 2.60. The maximum Gasteiger partial charge on any atom is 0.256 e. The molecular weight excluding hydrogens is 525 g/mol. The number of alkyl halides is 1. The summed E-state index contributed by atoms with van der Waals surface area (Å²) in [6, 6.07) is -0.526. The molecule has 0 radical (unpaired) electrons. The second-order valence-electron chi connectivity index (χ2n) is 13.8. The SMILES string of the molecule is NC1CCN(C2C(F)CC3C(=O)C(C(=O)NCCCN4CCCC4=O)=CN4C5CC6CCCCC6CC5OC2C34)C1. The summed E-state index contributed by atoms with van der Waals surface area (Å²) in [5.74, 6) is 0.224. The van der Waals surface area contributed by atoms with E-state index in [9.17, 15) is 14.4 Å². The van der Waals surface area contributed by atoms with Crippen molar-refractivity contribution in [3.63, 3.8) is 0 Å². The Kier molecular flexibility index (Phi) is 7.61. The van der Waals surface area contributed by atoms with Crippen LogP contribution in [0, 0.1) is 17.8 Å². The molecule has 0 aromatic carbocycles. The summed E-state index contributed by atoms with van der Waals surface area (Å²) < 4.78 is 23.0. The maximum atomic E-state index is 16.1. The number of Topliss-reactive ketones (excluding diaryl/α,β-unsaturated/α-hetero) is 1. The first-order chi connectivity index (χ1) is 19.9. The van der Waals surface area contributed by atoms with Gasteiger partial charge in [-0.2, -0.15) is 0 Å². The van der Waals surface area contributed by atoms with Gasteiger partial charge in [0.15, 0.2) is 5.78 Å². The Bertz CT molecular complexity index is 1090. The lowest BCUT2D eigenvalue weighted by molar-refractivity contribution is -0.219. The second kappa shape index (κ2) is 11.2. The first-order valence-corrected chi connectivity index (χ1v) is 16.3. The molecule has 0 aromatic rings. The third-order valence-corrected chi connectivity index (χ3v) is 11.4. The Morgan fingerprint density at radius 2 is 1.85 bits per heavy atom. The van der Waals surface area contributed by atoms with Gasteiger partial charge >= 0.3 is 0 Å². The van der Waals surface area contributed by atoms with Gasteiger partial charge in [-0.15, -0.1) is 0 Å². The zero-order valence-electron chi connectivity index (χ0n) is 24.1. The van der Waals surface area contributed by atoms with Crippen LogP contribution in [-0.4, -0.2) is 108 Å². The third kappa shape index (κ3) is 5.01. The van der Waals surface area contributed by atoms with Gasteiger partial charge in [0, 0.05) is 57.3 Å². The van der Waals surface area contributed by atoms with Crippen LogP contribution in [-0.2, 0) is 19.1 Å². The van der Waals surface area contributed by atoms with E-state index < -0.39 is 24.2 Å². The van der Waals surface area contributed by atoms with Crippen LogP contribution in [0.5, 0.6) is 0 Å². The molecule has 3 N–H and O–H groups in total. The Labute approximate surface area is 242 Å². The number of likely N-dealkylation sites (tertiary alicyclic amines) is 2. The van der Waals surface area contributed by atoms with Gasteiger partial charge in [0.05, 0.1) is 35.9 Å². The second-order valence-corrected chi connectivity index (χ2v) is 13.8. The average molecular weight is 572 g/mol. The molecular formula is C31H46FN5O4. The molecule has 10 heteroatoms. The van der Waals surface area contributed by atoms with Crippen LogP contribution in [0.3, 0.4) is 0 Å². The minimum absolute atomic E-state index is 0.0212. The largest absolute Gasteiger partial charge is 0.369 e. The van der Waals surface area contributed by atoms with E-state index in [4.69, 9.17) is 10.5 Å². The fourth-order valence-electron chi connectivity index (χ4n) is 9.46. The normalized spacial score (nSPS) is 42.4. The molecule has 3 saturated heterocycles. The summed E-state index contributed by atoms with van der Waals surface area (Å²) in [5.41, 5.74) is 6.39. The molecule has 4 aliphatic heterocycles. The predicted octanol–water partition coefficient (Wildman–Crippen LogP) is 1.75. The molecule has 7 aliphatic rings. The highest BCUT2D eigenvalue weighted by Crippen LogP contribution is 2.50. The van der Waals surface area contributed by atoms with Gasteiger partial charge in [-0.1, -0.05) is 25.7 Å². The Hall–Kier alpha value is -2.04. The molecule has 4 heterocycles. The van der Waals surface area contributed by atoms with Crippen LogP contribution in [0.15, 0.2) is 11.8 Å². The number of ketones is 1. The van der Waals surface area contributed by atoms with Crippen LogP contribution >= 0.6 is 0 Å². The van der Waals surface area contributed by atoms with Crippen molar-refractivity contribution in [2.75, 3.05) is 32.7 Å². The zero-order chi connectivity index (χ0) is 28.2. The highest BCUT2D eigenvalue weighted by molar-refractivity contribution is 6.20. The fourth-order valence-corrected chi connectivity index (χ4v) is 9.46. The minimum Gasteiger partial charge on any atom is -0.369 e. The Balaban J connectivity index is 1.14. The highest BCUT2D eigenvalue weighted by atomic mass is 19.1. The van der Waals surface area contributed by atoms with Crippen molar-refractivity contribution in [2.45, 2.75) is 113 Å². The number of hydrogen-bond donors (Lipinski definition) is 2. The molecule has 2 amide bonds. The summed E-state index contributed by atoms with van der Waals surface area (Å²) in [5, 5.41) is 2.94. The van der Waals surface area contributed by atoms with E-state index in [1.165, 1.54) is 25.7 Å². The van der Waals surface area contributed by atoms with Crippen LogP contribution in [0.1, 0.15) is 70.6 Å². The molecule has 3 aliphatic carbocycles. The molecule has 0 bridgehead atoms. The van der Waals surface area contributed by atoms with Gasteiger partial charge in [-0.3, -0.25) is 19.3 Å². The fraction of sp³-hybridized carbons (Fsp3) is 0.839. The minimum atomic E-state index is -1.21. The third-order valence-electron chi connectivity index (χ3n) is 11.4. The smallest absolute Gasteiger partial charge is 0.256 e. The average Bonchev–Trinajstić information content (AvgIpc) is 3.58. The molecule has 41 heavy (non-hydrogen) atoms. The number of carbonyl (C=O) groups is 3. The lowest BCUT2D eigenvalue weighted by atomic mass is 9.64. The van der Waals surface area contributed by atoms with E-state index in [1.807, 2.05) is 11.1 Å². The van der Waals surface area contributed by atoms with Gasteiger partial charge in [-0.05, 0) is 50.4 Å². The molecule has 6 fully saturated rings. The maximum absolute atomic E-state index is 16.1. The number of ether oxygens (including phenoxy) is 1. The Morgan fingerprint density at radius 3 is 2.59 bits per heavy atom. The predicted molar refractivity (Wildman–Crippen MR) is 150 cm³/mol. The molecule has 9 nitrogen and oxygen atoms in total. The standard InChI is InChI=1S/C31H46FN5O4/c32-23-15-21-27-30(28(23)36-12-8-20(33)16-36)41-25-14-19-6-2-1-5-18(19)13-24(25)37(27)17-22(29(21)39)31(40)34-9-4-11-35-10-3-7-26(35)38/h17-21,23-25,27-28,30H,1-16,33H2,(H,34,40). The van der Waals surface area contributed by atoms with E-state index >= 15 is 4.39 Å². The number of nitrogens with two attached hydrogens (primary N) is 1. The number of morpholine rings is 1. The van der Waals surface area contributed by atoms with Crippen molar-refractivity contribution < 1.29 is 23.5 Å². The molecule has 226 valence electrons. The lowest BCUT2D eigenvalue weighted by Gasteiger charge is -2.61. The first-order valence-electron chi connectivity index (χ1n) is 16.3. The molecule has 10 unspecified atom stereocenters. The van der Waals surface area contributed by atoms with E-state index in [0.29, 0.717) is 44.3 Å². The molecule has 3 saturated carbocycles. The van der Waals surface area contributed by atoms with Crippen molar-refractivity contribution in [1.29, 1.82) is 0 Å². The van der Waals surface area contributed by atoms with Gasteiger partial charge in [-0.25, -0.2) is 4.39 Å². The summed E-state index contributed by atoms with van der Waals surface area (Å²) >= 11 is 0. The number of hydrogen-bond acceptors (Lipinski definition) is 7. The quantitative estimate of drug-likeness (QED) is 0.370. The summed E-state index contributed by atoms with van der Waals surface area (Å²) in [6.07, 6.45) is 10.2. The first kappa shape index (κ1) is 27.8. The molecule has 0 spiro atoms.